The lowest BCUT2D eigenvalue weighted by molar-refractivity contribution is -0.127. The van der Waals surface area contributed by atoms with Crippen molar-refractivity contribution in [3.05, 3.63) is 22.4 Å². The van der Waals surface area contributed by atoms with E-state index >= 15 is 0 Å². The first-order valence-electron chi connectivity index (χ1n) is 7.81. The molecule has 118 valence electrons. The molecule has 0 aromatic carbocycles. The Morgan fingerprint density at radius 1 is 1.48 bits per heavy atom. The van der Waals surface area contributed by atoms with E-state index in [0.717, 1.165) is 19.3 Å². The summed E-state index contributed by atoms with van der Waals surface area (Å²) in [5.41, 5.74) is 5.83. The molecule has 2 rings (SSSR count). The monoisotopic (exact) mass is 309 g/mol. The van der Waals surface area contributed by atoms with Gasteiger partial charge in [0.25, 0.3) is 0 Å². The van der Waals surface area contributed by atoms with E-state index in [1.54, 1.807) is 11.3 Å². The standard InChI is InChI=1S/C16H27N3OS/c1-19(2)14(15-8-5-9-21-15)11-18-16(20)13-7-4-3-6-12(13)10-17/h5,8-9,12-14H,3-4,6-7,10-11,17H2,1-2H3,(H,18,20). The summed E-state index contributed by atoms with van der Waals surface area (Å²) in [5, 5.41) is 5.24. The Kier molecular flexibility index (Phi) is 6.21. The van der Waals surface area contributed by atoms with Crippen LogP contribution in [0.4, 0.5) is 0 Å². The van der Waals surface area contributed by atoms with Gasteiger partial charge in [-0.05, 0) is 50.8 Å². The lowest BCUT2D eigenvalue weighted by Crippen LogP contribution is -2.42. The third-order valence-electron chi connectivity index (χ3n) is 4.51. The molecule has 0 radical (unpaired) electrons. The SMILES string of the molecule is CN(C)C(CNC(=O)C1CCCCC1CN)c1cccs1. The molecule has 1 heterocycles. The zero-order valence-corrected chi connectivity index (χ0v) is 13.9. The maximum atomic E-state index is 12.5. The quantitative estimate of drug-likeness (QED) is 0.847. The zero-order valence-electron chi connectivity index (χ0n) is 13.0. The number of thiophene rings is 1. The van der Waals surface area contributed by atoms with Crippen LogP contribution < -0.4 is 11.1 Å². The summed E-state index contributed by atoms with van der Waals surface area (Å²) in [6, 6.07) is 4.43. The topological polar surface area (TPSA) is 58.4 Å². The van der Waals surface area contributed by atoms with E-state index in [1.807, 2.05) is 0 Å². The van der Waals surface area contributed by atoms with Crippen LogP contribution in [0.5, 0.6) is 0 Å². The highest BCUT2D eigenvalue weighted by Gasteiger charge is 2.30. The first kappa shape index (κ1) is 16.5. The molecule has 1 aliphatic rings. The molecule has 0 bridgehead atoms. The van der Waals surface area contributed by atoms with Gasteiger partial charge in [0.1, 0.15) is 0 Å². The number of nitrogens with one attached hydrogen (secondary N) is 1. The van der Waals surface area contributed by atoms with Crippen LogP contribution >= 0.6 is 11.3 Å². The molecule has 3 atom stereocenters. The van der Waals surface area contributed by atoms with Crippen LogP contribution in [-0.4, -0.2) is 38.0 Å². The van der Waals surface area contributed by atoms with Gasteiger partial charge in [-0.15, -0.1) is 11.3 Å². The van der Waals surface area contributed by atoms with Gasteiger partial charge in [-0.2, -0.15) is 0 Å². The smallest absolute Gasteiger partial charge is 0.223 e. The summed E-state index contributed by atoms with van der Waals surface area (Å²) in [6.07, 6.45) is 4.44. The second-order valence-corrected chi connectivity index (χ2v) is 7.11. The van der Waals surface area contributed by atoms with Crippen LogP contribution in [0, 0.1) is 11.8 Å². The summed E-state index contributed by atoms with van der Waals surface area (Å²) in [4.78, 5) is 15.9. The Hall–Kier alpha value is -0.910. The van der Waals surface area contributed by atoms with E-state index < -0.39 is 0 Å². The van der Waals surface area contributed by atoms with Gasteiger partial charge in [-0.3, -0.25) is 4.79 Å². The summed E-state index contributed by atoms with van der Waals surface area (Å²) in [6.45, 7) is 1.29. The van der Waals surface area contributed by atoms with Gasteiger partial charge in [0.2, 0.25) is 5.91 Å². The minimum absolute atomic E-state index is 0.106. The molecule has 4 nitrogen and oxygen atoms in total. The first-order valence-corrected chi connectivity index (χ1v) is 8.69. The van der Waals surface area contributed by atoms with E-state index in [-0.39, 0.29) is 17.9 Å². The molecule has 1 aromatic rings. The van der Waals surface area contributed by atoms with E-state index in [1.165, 1.54) is 11.3 Å². The molecule has 1 fully saturated rings. The Bertz CT molecular complexity index is 433. The molecular weight excluding hydrogens is 282 g/mol. The van der Waals surface area contributed by atoms with Gasteiger partial charge in [0.15, 0.2) is 0 Å². The highest BCUT2D eigenvalue weighted by molar-refractivity contribution is 7.10. The molecule has 1 saturated carbocycles. The molecule has 3 unspecified atom stereocenters. The maximum Gasteiger partial charge on any atom is 0.223 e. The summed E-state index contributed by atoms with van der Waals surface area (Å²) in [5.74, 6) is 0.654. The van der Waals surface area contributed by atoms with Crippen LogP contribution in [-0.2, 0) is 4.79 Å². The van der Waals surface area contributed by atoms with E-state index in [4.69, 9.17) is 5.73 Å². The average Bonchev–Trinajstić information content (AvgIpc) is 3.01. The van der Waals surface area contributed by atoms with Crippen molar-refractivity contribution in [2.45, 2.75) is 31.7 Å². The Morgan fingerprint density at radius 2 is 2.24 bits per heavy atom. The van der Waals surface area contributed by atoms with Crippen LogP contribution in [0.1, 0.15) is 36.6 Å². The second-order valence-electron chi connectivity index (χ2n) is 6.13. The number of rotatable bonds is 6. The number of nitrogens with zero attached hydrogens (tertiary/aromatic N) is 1. The van der Waals surface area contributed by atoms with Gasteiger partial charge >= 0.3 is 0 Å². The minimum atomic E-state index is 0.106. The van der Waals surface area contributed by atoms with Gasteiger partial charge in [-0.1, -0.05) is 18.9 Å². The summed E-state index contributed by atoms with van der Waals surface area (Å²) >= 11 is 1.74. The fourth-order valence-corrected chi connectivity index (χ4v) is 4.10. The highest BCUT2D eigenvalue weighted by Crippen LogP contribution is 2.30. The fraction of sp³-hybridized carbons (Fsp3) is 0.688. The van der Waals surface area contributed by atoms with Gasteiger partial charge in [-0.25, -0.2) is 0 Å². The number of hydrogen-bond acceptors (Lipinski definition) is 4. The number of amides is 1. The molecule has 5 heteroatoms. The summed E-state index contributed by atoms with van der Waals surface area (Å²) in [7, 11) is 4.11. The molecule has 0 aliphatic heterocycles. The Morgan fingerprint density at radius 3 is 2.86 bits per heavy atom. The van der Waals surface area contributed by atoms with Crippen molar-refractivity contribution in [3.63, 3.8) is 0 Å². The molecule has 1 amide bonds. The van der Waals surface area contributed by atoms with Crippen LogP contribution in [0.15, 0.2) is 17.5 Å². The number of likely N-dealkylation sites (N-methyl/N-ethyl adjacent to an activating group) is 1. The first-order chi connectivity index (χ1) is 10.1. The molecule has 3 N–H and O–H groups in total. The normalized spacial score (nSPS) is 24.0. The van der Waals surface area contributed by atoms with Crippen molar-refractivity contribution >= 4 is 17.2 Å². The molecule has 0 saturated heterocycles. The van der Waals surface area contributed by atoms with Crippen LogP contribution in [0.25, 0.3) is 0 Å². The van der Waals surface area contributed by atoms with E-state index in [9.17, 15) is 4.79 Å². The second kappa shape index (κ2) is 7.92. The number of carbonyl (C=O) groups excluding carboxylic acids is 1. The fourth-order valence-electron chi connectivity index (χ4n) is 3.18. The lowest BCUT2D eigenvalue weighted by Gasteiger charge is -2.31. The van der Waals surface area contributed by atoms with E-state index in [0.29, 0.717) is 19.0 Å². The van der Waals surface area contributed by atoms with Crippen molar-refractivity contribution in [2.24, 2.45) is 17.6 Å². The third kappa shape index (κ3) is 4.28. The minimum Gasteiger partial charge on any atom is -0.354 e. The number of hydrogen-bond donors (Lipinski definition) is 2. The van der Waals surface area contributed by atoms with Crippen LogP contribution in [0.2, 0.25) is 0 Å². The number of nitrogens with two attached hydrogens (primary N) is 1. The average molecular weight is 309 g/mol. The predicted octanol–water partition coefficient (Wildman–Crippen LogP) is 2.23. The molecular formula is C16H27N3OS. The van der Waals surface area contributed by atoms with Crippen molar-refractivity contribution < 1.29 is 4.79 Å². The van der Waals surface area contributed by atoms with E-state index in [2.05, 4.69) is 41.8 Å². The Labute approximate surface area is 131 Å². The van der Waals surface area contributed by atoms with Gasteiger partial charge in [0, 0.05) is 17.3 Å². The predicted molar refractivity (Wildman–Crippen MR) is 88.3 cm³/mol. The number of carbonyl (C=O) groups is 1. The van der Waals surface area contributed by atoms with Crippen molar-refractivity contribution in [1.29, 1.82) is 0 Å². The third-order valence-corrected chi connectivity index (χ3v) is 5.49. The molecule has 21 heavy (non-hydrogen) atoms. The van der Waals surface area contributed by atoms with Crippen molar-refractivity contribution in [2.75, 3.05) is 27.2 Å². The van der Waals surface area contributed by atoms with Crippen LogP contribution in [0.3, 0.4) is 0 Å². The highest BCUT2D eigenvalue weighted by atomic mass is 32.1. The maximum absolute atomic E-state index is 12.5. The van der Waals surface area contributed by atoms with Gasteiger partial charge in [0.05, 0.1) is 6.04 Å². The lowest BCUT2D eigenvalue weighted by atomic mass is 9.78. The molecule has 1 aromatic heterocycles. The van der Waals surface area contributed by atoms with Gasteiger partial charge < -0.3 is 16.0 Å². The zero-order chi connectivity index (χ0) is 15.2. The van der Waals surface area contributed by atoms with Crippen molar-refractivity contribution in [3.8, 4) is 0 Å². The molecule has 0 spiro atoms. The van der Waals surface area contributed by atoms with Crippen molar-refractivity contribution in [1.82, 2.24) is 10.2 Å². The Balaban J connectivity index is 1.92. The largest absolute Gasteiger partial charge is 0.354 e. The molecule has 1 aliphatic carbocycles. The summed E-state index contributed by atoms with van der Waals surface area (Å²) < 4.78 is 0.